The third-order valence-corrected chi connectivity index (χ3v) is 4.11. The third-order valence-electron chi connectivity index (χ3n) is 4.11. The topological polar surface area (TPSA) is 82.2 Å². The van der Waals surface area contributed by atoms with Crippen LogP contribution in [0.3, 0.4) is 0 Å². The second-order valence-corrected chi connectivity index (χ2v) is 6.14. The molecule has 27 heavy (non-hydrogen) atoms. The van der Waals surface area contributed by atoms with Gasteiger partial charge in [-0.25, -0.2) is 9.98 Å². The highest BCUT2D eigenvalue weighted by molar-refractivity contribution is 5.78. The number of nitrogens with two attached hydrogens (primary N) is 1. The molecule has 2 N–H and O–H groups in total. The average Bonchev–Trinajstić information content (AvgIpc) is 2.73. The molecule has 1 saturated heterocycles. The number of aliphatic imine (C=N–C) groups is 1. The minimum absolute atomic E-state index is 0.393. The number of hydrogen-bond acceptors (Lipinski definition) is 5. The second kappa shape index (κ2) is 9.78. The lowest BCUT2D eigenvalue weighted by Gasteiger charge is -2.27. The van der Waals surface area contributed by atoms with Crippen LogP contribution in [0.1, 0.15) is 18.9 Å². The summed E-state index contributed by atoms with van der Waals surface area (Å²) in [4.78, 5) is 10.9. The van der Waals surface area contributed by atoms with E-state index >= 15 is 0 Å². The standard InChI is InChI=1S/C20H26N4O3/c1-2-12-26-17-7-3-4-8-18(17)27-19-16(6-5-9-22-19)15-23-20(21)24-10-13-25-14-11-24/h3-9H,2,10-15H2,1H3,(H2,21,23). The van der Waals surface area contributed by atoms with Crippen molar-refractivity contribution in [3.05, 3.63) is 48.2 Å². The molecule has 144 valence electrons. The highest BCUT2D eigenvalue weighted by Crippen LogP contribution is 2.32. The van der Waals surface area contributed by atoms with E-state index in [1.54, 1.807) is 6.20 Å². The van der Waals surface area contributed by atoms with Gasteiger partial charge in [0, 0.05) is 24.8 Å². The van der Waals surface area contributed by atoms with Crippen LogP contribution in [0.25, 0.3) is 0 Å². The Morgan fingerprint density at radius 1 is 1.19 bits per heavy atom. The predicted octanol–water partition coefficient (Wildman–Crippen LogP) is 2.81. The van der Waals surface area contributed by atoms with Crippen LogP contribution in [-0.2, 0) is 11.3 Å². The molecule has 0 unspecified atom stereocenters. The molecule has 0 saturated carbocycles. The molecule has 0 amide bonds. The van der Waals surface area contributed by atoms with E-state index in [0.717, 1.165) is 25.1 Å². The third kappa shape index (κ3) is 5.34. The van der Waals surface area contributed by atoms with Gasteiger partial charge in [0.1, 0.15) is 0 Å². The molecule has 0 spiro atoms. The molecule has 3 rings (SSSR count). The van der Waals surface area contributed by atoms with Crippen LogP contribution in [0.15, 0.2) is 47.6 Å². The lowest BCUT2D eigenvalue weighted by Crippen LogP contribution is -2.44. The summed E-state index contributed by atoms with van der Waals surface area (Å²) in [5, 5.41) is 0. The number of para-hydroxylation sites is 2. The van der Waals surface area contributed by atoms with Gasteiger partial charge in [-0.15, -0.1) is 0 Å². The van der Waals surface area contributed by atoms with Gasteiger partial charge in [-0.2, -0.15) is 0 Å². The maximum absolute atomic E-state index is 6.12. The Morgan fingerprint density at radius 2 is 1.96 bits per heavy atom. The van der Waals surface area contributed by atoms with Crippen LogP contribution in [-0.4, -0.2) is 48.8 Å². The minimum atomic E-state index is 0.393. The normalized spacial score (nSPS) is 14.9. The number of pyridine rings is 1. The molecule has 7 heteroatoms. The number of rotatable bonds is 7. The van der Waals surface area contributed by atoms with E-state index in [0.29, 0.717) is 49.7 Å². The first kappa shape index (κ1) is 19.0. The van der Waals surface area contributed by atoms with E-state index in [-0.39, 0.29) is 0 Å². The van der Waals surface area contributed by atoms with Crippen LogP contribution >= 0.6 is 0 Å². The van der Waals surface area contributed by atoms with Gasteiger partial charge in [0.25, 0.3) is 0 Å². The Kier molecular flexibility index (Phi) is 6.87. The fraction of sp³-hybridized carbons (Fsp3) is 0.400. The number of nitrogens with zero attached hydrogens (tertiary/aromatic N) is 3. The van der Waals surface area contributed by atoms with E-state index in [4.69, 9.17) is 19.9 Å². The summed E-state index contributed by atoms with van der Waals surface area (Å²) in [7, 11) is 0. The Labute approximate surface area is 159 Å². The molecule has 0 bridgehead atoms. The van der Waals surface area contributed by atoms with Crippen LogP contribution in [0.4, 0.5) is 0 Å². The van der Waals surface area contributed by atoms with E-state index in [9.17, 15) is 0 Å². The van der Waals surface area contributed by atoms with Gasteiger partial charge in [-0.3, -0.25) is 0 Å². The quantitative estimate of drug-likeness (QED) is 0.596. The number of aromatic nitrogens is 1. The molecule has 0 radical (unpaired) electrons. The van der Waals surface area contributed by atoms with Gasteiger partial charge in [0.05, 0.1) is 26.4 Å². The second-order valence-electron chi connectivity index (χ2n) is 6.14. The highest BCUT2D eigenvalue weighted by atomic mass is 16.5. The fourth-order valence-corrected chi connectivity index (χ4v) is 2.66. The van der Waals surface area contributed by atoms with Crippen molar-refractivity contribution in [2.75, 3.05) is 32.9 Å². The van der Waals surface area contributed by atoms with Crippen LogP contribution in [0.5, 0.6) is 17.4 Å². The SMILES string of the molecule is CCCOc1ccccc1Oc1ncccc1CN=C(N)N1CCOCC1. The number of ether oxygens (including phenoxy) is 3. The summed E-state index contributed by atoms with van der Waals surface area (Å²) < 4.78 is 17.1. The van der Waals surface area contributed by atoms with Crippen molar-refractivity contribution in [3.63, 3.8) is 0 Å². The summed E-state index contributed by atoms with van der Waals surface area (Å²) >= 11 is 0. The Bertz CT molecular complexity index is 760. The molecular weight excluding hydrogens is 344 g/mol. The van der Waals surface area contributed by atoms with Gasteiger partial charge < -0.3 is 24.8 Å². The summed E-state index contributed by atoms with van der Waals surface area (Å²) in [5.74, 6) is 2.35. The minimum Gasteiger partial charge on any atom is -0.490 e. The molecule has 7 nitrogen and oxygen atoms in total. The van der Waals surface area contributed by atoms with Crippen molar-refractivity contribution in [1.82, 2.24) is 9.88 Å². The summed E-state index contributed by atoms with van der Waals surface area (Å²) in [6.07, 6.45) is 2.63. The van der Waals surface area contributed by atoms with Gasteiger partial charge in [-0.1, -0.05) is 25.1 Å². The average molecular weight is 370 g/mol. The van der Waals surface area contributed by atoms with Gasteiger partial charge >= 0.3 is 0 Å². The lowest BCUT2D eigenvalue weighted by molar-refractivity contribution is 0.0674. The summed E-state index contributed by atoms with van der Waals surface area (Å²) in [6.45, 7) is 5.96. The van der Waals surface area contributed by atoms with Crippen LogP contribution < -0.4 is 15.2 Å². The molecule has 1 aliphatic heterocycles. The van der Waals surface area contributed by atoms with Gasteiger partial charge in [0.15, 0.2) is 17.5 Å². The van der Waals surface area contributed by atoms with E-state index in [2.05, 4.69) is 16.9 Å². The van der Waals surface area contributed by atoms with Crippen molar-refractivity contribution in [2.24, 2.45) is 10.7 Å². The number of guanidine groups is 1. The van der Waals surface area contributed by atoms with E-state index in [1.165, 1.54) is 0 Å². The fourth-order valence-electron chi connectivity index (χ4n) is 2.66. The number of morpholine rings is 1. The first-order chi connectivity index (χ1) is 13.3. The summed E-state index contributed by atoms with van der Waals surface area (Å²) in [6, 6.07) is 11.4. The summed E-state index contributed by atoms with van der Waals surface area (Å²) in [5.41, 5.74) is 6.98. The molecule has 0 atom stereocenters. The predicted molar refractivity (Wildman–Crippen MR) is 104 cm³/mol. The highest BCUT2D eigenvalue weighted by Gasteiger charge is 2.13. The first-order valence-electron chi connectivity index (χ1n) is 9.24. The maximum atomic E-state index is 6.12. The largest absolute Gasteiger partial charge is 0.490 e. The van der Waals surface area contributed by atoms with Crippen molar-refractivity contribution in [1.29, 1.82) is 0 Å². The number of benzene rings is 1. The van der Waals surface area contributed by atoms with Crippen molar-refractivity contribution in [2.45, 2.75) is 19.9 Å². The monoisotopic (exact) mass is 370 g/mol. The van der Waals surface area contributed by atoms with Crippen molar-refractivity contribution < 1.29 is 14.2 Å². The van der Waals surface area contributed by atoms with E-state index in [1.807, 2.05) is 41.3 Å². The molecule has 1 aromatic carbocycles. The van der Waals surface area contributed by atoms with Crippen LogP contribution in [0, 0.1) is 0 Å². The van der Waals surface area contributed by atoms with Crippen LogP contribution in [0.2, 0.25) is 0 Å². The lowest BCUT2D eigenvalue weighted by atomic mass is 10.2. The maximum Gasteiger partial charge on any atom is 0.224 e. The van der Waals surface area contributed by atoms with Gasteiger partial charge in [-0.05, 0) is 24.6 Å². The Hall–Kier alpha value is -2.80. The molecule has 0 aliphatic carbocycles. The van der Waals surface area contributed by atoms with Gasteiger partial charge in [0.2, 0.25) is 5.88 Å². The Balaban J connectivity index is 1.73. The zero-order chi connectivity index (χ0) is 18.9. The molecule has 2 aromatic rings. The van der Waals surface area contributed by atoms with E-state index < -0.39 is 0 Å². The molecule has 2 heterocycles. The van der Waals surface area contributed by atoms with Crippen molar-refractivity contribution in [3.8, 4) is 17.4 Å². The molecule has 1 aliphatic rings. The zero-order valence-electron chi connectivity index (χ0n) is 15.6. The molecule has 1 fully saturated rings. The smallest absolute Gasteiger partial charge is 0.224 e. The van der Waals surface area contributed by atoms with Crippen molar-refractivity contribution >= 4 is 5.96 Å². The zero-order valence-corrected chi connectivity index (χ0v) is 15.6. The Morgan fingerprint density at radius 3 is 2.74 bits per heavy atom. The molecular formula is C20H26N4O3. The first-order valence-corrected chi connectivity index (χ1v) is 9.24. The number of hydrogen-bond donors (Lipinski definition) is 1. The molecule has 1 aromatic heterocycles.